The van der Waals surface area contributed by atoms with Gasteiger partial charge in [0.15, 0.2) is 12.5 Å². The number of nitrogens with zero attached hydrogens (tertiary/aromatic N) is 2. The second-order valence-corrected chi connectivity index (χ2v) is 3.65. The third-order valence-electron chi connectivity index (χ3n) is 2.51. The van der Waals surface area contributed by atoms with Gasteiger partial charge in [-0.3, -0.25) is 9.80 Å². The minimum absolute atomic E-state index is 0.0801. The molecule has 1 rings (SSSR count). The predicted octanol–water partition coefficient (Wildman–Crippen LogP) is -1.87. The van der Waals surface area contributed by atoms with Crippen LogP contribution in [0.4, 0.5) is 4.79 Å². The first kappa shape index (κ1) is 13.2. The van der Waals surface area contributed by atoms with Crippen LogP contribution < -0.4 is 0 Å². The van der Waals surface area contributed by atoms with Gasteiger partial charge in [0.1, 0.15) is 0 Å². The number of aliphatic hydroxyl groups is 4. The molecule has 4 N–H and O–H groups in total. The molecule has 0 radical (unpaired) electrons. The lowest BCUT2D eigenvalue weighted by Gasteiger charge is -2.18. The molecule has 2 amide bonds. The molecule has 0 bridgehead atoms. The van der Waals surface area contributed by atoms with E-state index in [0.29, 0.717) is 12.8 Å². The van der Waals surface area contributed by atoms with Crippen LogP contribution in [0.3, 0.4) is 0 Å². The van der Waals surface area contributed by atoms with Gasteiger partial charge < -0.3 is 20.4 Å². The Kier molecular flexibility index (Phi) is 4.94. The molecule has 0 saturated carbocycles. The monoisotopic (exact) mass is 234 g/mol. The van der Waals surface area contributed by atoms with Gasteiger partial charge in [-0.25, -0.2) is 4.79 Å². The van der Waals surface area contributed by atoms with Crippen molar-refractivity contribution in [1.82, 2.24) is 9.80 Å². The molecule has 2 atom stereocenters. The number of carbonyl (C=O) groups excluding carboxylic acids is 1. The molecule has 94 valence electrons. The van der Waals surface area contributed by atoms with Crippen LogP contribution in [0.15, 0.2) is 0 Å². The summed E-state index contributed by atoms with van der Waals surface area (Å²) in [6, 6.07) is -0.470. The second-order valence-electron chi connectivity index (χ2n) is 3.65. The van der Waals surface area contributed by atoms with Crippen molar-refractivity contribution in [2.75, 3.05) is 26.3 Å². The van der Waals surface area contributed by atoms with Gasteiger partial charge in [0.25, 0.3) is 0 Å². The Morgan fingerprint density at radius 1 is 0.938 bits per heavy atom. The molecule has 0 aromatic rings. The normalized spacial score (nSPS) is 25.6. The number of aliphatic hydroxyl groups excluding tert-OH is 4. The minimum Gasteiger partial charge on any atom is -0.396 e. The van der Waals surface area contributed by atoms with Crippen molar-refractivity contribution in [2.24, 2.45) is 0 Å². The predicted molar refractivity (Wildman–Crippen MR) is 54.2 cm³/mol. The van der Waals surface area contributed by atoms with Gasteiger partial charge >= 0.3 is 6.03 Å². The molecule has 16 heavy (non-hydrogen) atoms. The van der Waals surface area contributed by atoms with Crippen LogP contribution in [-0.2, 0) is 0 Å². The van der Waals surface area contributed by atoms with E-state index in [1.54, 1.807) is 0 Å². The van der Waals surface area contributed by atoms with Gasteiger partial charge in [0.05, 0.1) is 0 Å². The molecule has 7 heteroatoms. The van der Waals surface area contributed by atoms with Crippen molar-refractivity contribution in [3.05, 3.63) is 0 Å². The summed E-state index contributed by atoms with van der Waals surface area (Å²) in [7, 11) is 0. The van der Waals surface area contributed by atoms with E-state index in [1.165, 1.54) is 0 Å². The number of hydrogen-bond donors (Lipinski definition) is 4. The molecule has 7 nitrogen and oxygen atoms in total. The summed E-state index contributed by atoms with van der Waals surface area (Å²) in [5.74, 6) is 0. The smallest absolute Gasteiger partial charge is 0.324 e. The Morgan fingerprint density at radius 3 is 1.62 bits per heavy atom. The number of hydrogen-bond acceptors (Lipinski definition) is 5. The van der Waals surface area contributed by atoms with Crippen LogP contribution in [0.25, 0.3) is 0 Å². The Hall–Kier alpha value is -0.890. The Balaban J connectivity index is 2.58. The molecule has 1 aliphatic rings. The third-order valence-corrected chi connectivity index (χ3v) is 2.51. The largest absolute Gasteiger partial charge is 0.396 e. The van der Waals surface area contributed by atoms with Crippen molar-refractivity contribution in [3.63, 3.8) is 0 Å². The highest BCUT2D eigenvalue weighted by Gasteiger charge is 2.43. The zero-order valence-electron chi connectivity index (χ0n) is 8.99. The molecule has 2 unspecified atom stereocenters. The van der Waals surface area contributed by atoms with E-state index in [0.717, 1.165) is 9.80 Å². The fourth-order valence-electron chi connectivity index (χ4n) is 1.65. The van der Waals surface area contributed by atoms with Crippen LogP contribution in [0.1, 0.15) is 12.8 Å². The maximum Gasteiger partial charge on any atom is 0.324 e. The van der Waals surface area contributed by atoms with E-state index in [4.69, 9.17) is 10.2 Å². The number of amides is 2. The van der Waals surface area contributed by atoms with E-state index >= 15 is 0 Å². The zero-order valence-corrected chi connectivity index (χ0v) is 8.99. The highest BCUT2D eigenvalue weighted by molar-refractivity contribution is 5.77. The molecular formula is C9H18N2O5. The molecule has 0 spiro atoms. The summed E-state index contributed by atoms with van der Waals surface area (Å²) >= 11 is 0. The second kappa shape index (κ2) is 6.00. The first-order chi connectivity index (χ1) is 7.63. The van der Waals surface area contributed by atoms with E-state index in [1.807, 2.05) is 0 Å². The fourth-order valence-corrected chi connectivity index (χ4v) is 1.65. The van der Waals surface area contributed by atoms with Gasteiger partial charge in [0, 0.05) is 26.3 Å². The SMILES string of the molecule is O=C1N(CCCO)C(O)C(O)N1CCCO. The zero-order chi connectivity index (χ0) is 12.1. The molecule has 1 aliphatic heterocycles. The standard InChI is InChI=1S/C9H18N2O5/c12-5-1-3-10-7(14)8(15)11(9(10)16)4-2-6-13/h7-8,12-15H,1-6H2. The minimum atomic E-state index is -1.27. The van der Waals surface area contributed by atoms with Gasteiger partial charge in [-0.15, -0.1) is 0 Å². The highest BCUT2D eigenvalue weighted by atomic mass is 16.4. The van der Waals surface area contributed by atoms with Gasteiger partial charge in [0.2, 0.25) is 0 Å². The Bertz CT molecular complexity index is 216. The molecule has 0 aromatic carbocycles. The lowest BCUT2D eigenvalue weighted by molar-refractivity contribution is -0.0672. The van der Waals surface area contributed by atoms with Crippen molar-refractivity contribution in [2.45, 2.75) is 25.3 Å². The van der Waals surface area contributed by atoms with Crippen LogP contribution in [0.5, 0.6) is 0 Å². The summed E-state index contributed by atoms with van der Waals surface area (Å²) in [5.41, 5.74) is 0. The van der Waals surface area contributed by atoms with Crippen molar-refractivity contribution in [3.8, 4) is 0 Å². The quantitative estimate of drug-likeness (QED) is 0.431. The highest BCUT2D eigenvalue weighted by Crippen LogP contribution is 2.20. The third kappa shape index (κ3) is 2.62. The average molecular weight is 234 g/mol. The van der Waals surface area contributed by atoms with Crippen molar-refractivity contribution < 1.29 is 25.2 Å². The van der Waals surface area contributed by atoms with Crippen LogP contribution in [-0.4, -0.2) is 75.0 Å². The summed E-state index contributed by atoms with van der Waals surface area (Å²) in [6.07, 6.45) is -1.83. The number of urea groups is 1. The molecule has 1 fully saturated rings. The van der Waals surface area contributed by atoms with E-state index < -0.39 is 18.5 Å². The maximum atomic E-state index is 11.7. The van der Waals surface area contributed by atoms with Crippen LogP contribution in [0.2, 0.25) is 0 Å². The summed E-state index contributed by atoms with van der Waals surface area (Å²) < 4.78 is 0. The molecular weight excluding hydrogens is 216 g/mol. The van der Waals surface area contributed by atoms with Gasteiger partial charge in [-0.2, -0.15) is 0 Å². The molecule has 1 saturated heterocycles. The fraction of sp³-hybridized carbons (Fsp3) is 0.889. The molecule has 0 aliphatic carbocycles. The van der Waals surface area contributed by atoms with Crippen molar-refractivity contribution in [1.29, 1.82) is 0 Å². The lowest BCUT2D eigenvalue weighted by Crippen LogP contribution is -2.37. The van der Waals surface area contributed by atoms with E-state index in [-0.39, 0.29) is 26.3 Å². The van der Waals surface area contributed by atoms with E-state index in [2.05, 4.69) is 0 Å². The molecule has 0 aromatic heterocycles. The van der Waals surface area contributed by atoms with Crippen LogP contribution in [0, 0.1) is 0 Å². The Labute approximate surface area is 93.5 Å². The van der Waals surface area contributed by atoms with Crippen molar-refractivity contribution >= 4 is 6.03 Å². The average Bonchev–Trinajstić information content (AvgIpc) is 2.47. The lowest BCUT2D eigenvalue weighted by atomic mass is 10.4. The summed E-state index contributed by atoms with van der Waals surface area (Å²) in [6.45, 7) is 0.235. The Morgan fingerprint density at radius 2 is 1.31 bits per heavy atom. The number of rotatable bonds is 6. The first-order valence-corrected chi connectivity index (χ1v) is 5.28. The van der Waals surface area contributed by atoms with E-state index in [9.17, 15) is 15.0 Å². The number of carbonyl (C=O) groups is 1. The molecule has 1 heterocycles. The van der Waals surface area contributed by atoms with Gasteiger partial charge in [-0.05, 0) is 12.8 Å². The maximum absolute atomic E-state index is 11.7. The summed E-state index contributed by atoms with van der Waals surface area (Å²) in [5, 5.41) is 36.5. The van der Waals surface area contributed by atoms with Crippen LogP contribution >= 0.6 is 0 Å². The summed E-state index contributed by atoms with van der Waals surface area (Å²) in [4.78, 5) is 13.9. The first-order valence-electron chi connectivity index (χ1n) is 5.28. The van der Waals surface area contributed by atoms with Gasteiger partial charge in [-0.1, -0.05) is 0 Å². The topological polar surface area (TPSA) is 104 Å².